The minimum Gasteiger partial charge on any atom is -0.307 e. The van der Waals surface area contributed by atoms with Gasteiger partial charge in [0.05, 0.1) is 0 Å². The highest BCUT2D eigenvalue weighted by Gasteiger charge is 2.25. The van der Waals surface area contributed by atoms with E-state index in [2.05, 4.69) is 87.7 Å². The summed E-state index contributed by atoms with van der Waals surface area (Å²) in [4.78, 5) is 2.57. The van der Waals surface area contributed by atoms with Crippen LogP contribution < -0.4 is 5.32 Å². The predicted octanol–water partition coefficient (Wildman–Crippen LogP) is 3.98. The van der Waals surface area contributed by atoms with Crippen molar-refractivity contribution in [2.24, 2.45) is 0 Å². The molecule has 1 aliphatic rings. The average Bonchev–Trinajstić information content (AvgIpc) is 2.52. The van der Waals surface area contributed by atoms with Gasteiger partial charge >= 0.3 is 0 Å². The Bertz CT molecular complexity index is 568. The van der Waals surface area contributed by atoms with Crippen molar-refractivity contribution in [3.8, 4) is 0 Å². The van der Waals surface area contributed by atoms with Gasteiger partial charge in [-0.1, -0.05) is 58.4 Å². The van der Waals surface area contributed by atoms with Gasteiger partial charge in [-0.3, -0.25) is 4.90 Å². The normalized spacial score (nSPS) is 23.1. The summed E-state index contributed by atoms with van der Waals surface area (Å²) < 4.78 is 1.14. The third kappa shape index (κ3) is 3.73. The SMILES string of the molecule is CC1CNC(c2ccccc2)CN1Cc1ccc(Br)cc1. The van der Waals surface area contributed by atoms with Gasteiger partial charge in [0.1, 0.15) is 0 Å². The van der Waals surface area contributed by atoms with E-state index in [1.54, 1.807) is 0 Å². The van der Waals surface area contributed by atoms with Gasteiger partial charge < -0.3 is 5.32 Å². The summed E-state index contributed by atoms with van der Waals surface area (Å²) in [5, 5.41) is 3.66. The fourth-order valence-electron chi connectivity index (χ4n) is 2.87. The number of halogens is 1. The summed E-state index contributed by atoms with van der Waals surface area (Å²) in [5.74, 6) is 0. The van der Waals surface area contributed by atoms with Gasteiger partial charge in [-0.25, -0.2) is 0 Å². The van der Waals surface area contributed by atoms with E-state index in [1.165, 1.54) is 11.1 Å². The lowest BCUT2D eigenvalue weighted by Crippen LogP contribution is -2.50. The maximum Gasteiger partial charge on any atom is 0.0450 e. The molecule has 0 radical (unpaired) electrons. The van der Waals surface area contributed by atoms with Crippen molar-refractivity contribution in [3.05, 3.63) is 70.2 Å². The Morgan fingerprint density at radius 3 is 2.52 bits per heavy atom. The summed E-state index contributed by atoms with van der Waals surface area (Å²) in [5.41, 5.74) is 2.75. The van der Waals surface area contributed by atoms with Crippen molar-refractivity contribution in [2.75, 3.05) is 13.1 Å². The summed E-state index contributed by atoms with van der Waals surface area (Å²) >= 11 is 3.50. The molecule has 2 unspecified atom stereocenters. The highest BCUT2D eigenvalue weighted by molar-refractivity contribution is 9.10. The van der Waals surface area contributed by atoms with E-state index in [-0.39, 0.29) is 0 Å². The molecule has 2 atom stereocenters. The highest BCUT2D eigenvalue weighted by atomic mass is 79.9. The summed E-state index contributed by atoms with van der Waals surface area (Å²) in [6.45, 7) is 5.41. The van der Waals surface area contributed by atoms with Gasteiger partial charge in [-0.15, -0.1) is 0 Å². The molecule has 2 aromatic rings. The number of piperazine rings is 1. The van der Waals surface area contributed by atoms with E-state index in [4.69, 9.17) is 0 Å². The summed E-state index contributed by atoms with van der Waals surface area (Å²) in [6, 6.07) is 20.4. The second kappa shape index (κ2) is 6.73. The highest BCUT2D eigenvalue weighted by Crippen LogP contribution is 2.22. The van der Waals surface area contributed by atoms with Crippen LogP contribution in [0.1, 0.15) is 24.1 Å². The van der Waals surface area contributed by atoms with Crippen LogP contribution in [0.15, 0.2) is 59.1 Å². The molecule has 2 aromatic carbocycles. The second-order valence-electron chi connectivity index (χ2n) is 5.78. The first kappa shape index (κ1) is 14.8. The third-order valence-corrected chi connectivity index (χ3v) is 4.73. The minimum absolute atomic E-state index is 0.429. The van der Waals surface area contributed by atoms with E-state index in [9.17, 15) is 0 Å². The van der Waals surface area contributed by atoms with Gasteiger partial charge in [0.2, 0.25) is 0 Å². The van der Waals surface area contributed by atoms with E-state index < -0.39 is 0 Å². The molecule has 21 heavy (non-hydrogen) atoms. The van der Waals surface area contributed by atoms with E-state index in [0.29, 0.717) is 12.1 Å². The van der Waals surface area contributed by atoms with Gasteiger partial charge in [0.15, 0.2) is 0 Å². The maximum absolute atomic E-state index is 3.66. The van der Waals surface area contributed by atoms with E-state index >= 15 is 0 Å². The number of hydrogen-bond acceptors (Lipinski definition) is 2. The van der Waals surface area contributed by atoms with Crippen molar-refractivity contribution < 1.29 is 0 Å². The first-order chi connectivity index (χ1) is 10.2. The van der Waals surface area contributed by atoms with Crippen LogP contribution in [-0.2, 0) is 6.54 Å². The molecule has 1 N–H and O–H groups in total. The van der Waals surface area contributed by atoms with Crippen LogP contribution in [0, 0.1) is 0 Å². The smallest absolute Gasteiger partial charge is 0.0450 e. The largest absolute Gasteiger partial charge is 0.307 e. The standard InChI is InChI=1S/C18H21BrN2/c1-14-11-20-18(16-5-3-2-4-6-16)13-21(14)12-15-7-9-17(19)10-8-15/h2-10,14,18,20H,11-13H2,1H3. The van der Waals surface area contributed by atoms with Crippen LogP contribution in [0.5, 0.6) is 0 Å². The van der Waals surface area contributed by atoms with Crippen molar-refractivity contribution in [1.29, 1.82) is 0 Å². The second-order valence-corrected chi connectivity index (χ2v) is 6.69. The molecule has 1 saturated heterocycles. The van der Waals surface area contributed by atoms with Gasteiger partial charge in [-0.2, -0.15) is 0 Å². The van der Waals surface area contributed by atoms with Crippen LogP contribution >= 0.6 is 15.9 Å². The molecule has 0 aromatic heterocycles. The van der Waals surface area contributed by atoms with Crippen molar-refractivity contribution in [3.63, 3.8) is 0 Å². The number of benzene rings is 2. The number of hydrogen-bond donors (Lipinski definition) is 1. The predicted molar refractivity (Wildman–Crippen MR) is 91.2 cm³/mol. The molecule has 3 heteroatoms. The maximum atomic E-state index is 3.66. The molecule has 1 heterocycles. The first-order valence-corrected chi connectivity index (χ1v) is 8.28. The Kier molecular flexibility index (Phi) is 4.73. The van der Waals surface area contributed by atoms with Crippen molar-refractivity contribution >= 4 is 15.9 Å². The lowest BCUT2D eigenvalue weighted by molar-refractivity contribution is 0.133. The number of nitrogens with one attached hydrogen (secondary N) is 1. The molecule has 3 rings (SSSR count). The zero-order chi connectivity index (χ0) is 14.7. The average molecular weight is 345 g/mol. The zero-order valence-corrected chi connectivity index (χ0v) is 13.9. The fourth-order valence-corrected chi connectivity index (χ4v) is 3.14. The van der Waals surface area contributed by atoms with Gasteiger partial charge in [-0.05, 0) is 30.2 Å². The summed E-state index contributed by atoms with van der Waals surface area (Å²) in [6.07, 6.45) is 0. The molecule has 0 saturated carbocycles. The summed E-state index contributed by atoms with van der Waals surface area (Å²) in [7, 11) is 0. The van der Waals surface area contributed by atoms with Crippen LogP contribution in [0.2, 0.25) is 0 Å². The molecule has 0 bridgehead atoms. The van der Waals surface area contributed by atoms with Crippen LogP contribution in [0.4, 0.5) is 0 Å². The topological polar surface area (TPSA) is 15.3 Å². The Labute approximate surface area is 135 Å². The molecule has 0 aliphatic carbocycles. The molecule has 2 nitrogen and oxygen atoms in total. The molecule has 0 spiro atoms. The molecule has 1 fully saturated rings. The Hall–Kier alpha value is -1.16. The van der Waals surface area contributed by atoms with Crippen molar-refractivity contribution in [1.82, 2.24) is 10.2 Å². The minimum atomic E-state index is 0.429. The van der Waals surface area contributed by atoms with Gasteiger partial charge in [0, 0.05) is 36.2 Å². The van der Waals surface area contributed by atoms with Crippen molar-refractivity contribution in [2.45, 2.75) is 25.6 Å². The Balaban J connectivity index is 1.70. The Morgan fingerprint density at radius 1 is 1.10 bits per heavy atom. The zero-order valence-electron chi connectivity index (χ0n) is 12.3. The molecular formula is C18H21BrN2. The molecular weight excluding hydrogens is 324 g/mol. The quantitative estimate of drug-likeness (QED) is 0.905. The third-order valence-electron chi connectivity index (χ3n) is 4.20. The molecule has 1 aliphatic heterocycles. The van der Waals surface area contributed by atoms with E-state index in [0.717, 1.165) is 24.1 Å². The van der Waals surface area contributed by atoms with Crippen LogP contribution in [0.3, 0.4) is 0 Å². The molecule has 110 valence electrons. The number of rotatable bonds is 3. The number of nitrogens with zero attached hydrogens (tertiary/aromatic N) is 1. The first-order valence-electron chi connectivity index (χ1n) is 7.49. The molecule has 0 amide bonds. The van der Waals surface area contributed by atoms with Crippen LogP contribution in [0.25, 0.3) is 0 Å². The fraction of sp³-hybridized carbons (Fsp3) is 0.333. The van der Waals surface area contributed by atoms with Gasteiger partial charge in [0.25, 0.3) is 0 Å². The van der Waals surface area contributed by atoms with Crippen LogP contribution in [-0.4, -0.2) is 24.0 Å². The Morgan fingerprint density at radius 2 is 1.81 bits per heavy atom. The lowest BCUT2D eigenvalue weighted by atomic mass is 10.0. The van der Waals surface area contributed by atoms with E-state index in [1.807, 2.05) is 0 Å². The monoisotopic (exact) mass is 344 g/mol. The lowest BCUT2D eigenvalue weighted by Gasteiger charge is -2.39.